The molecule has 5 nitrogen and oxygen atoms in total. The SMILES string of the molecule is NC(=O)NCCNc1ccc(N)cc1I. The number of carbonyl (C=O) groups is 1. The number of nitrogen functional groups attached to an aromatic ring is 1. The highest BCUT2D eigenvalue weighted by Gasteiger charge is 1.99. The molecule has 0 radical (unpaired) electrons. The number of nitrogens with two attached hydrogens (primary N) is 2. The maximum atomic E-state index is 10.4. The zero-order valence-electron chi connectivity index (χ0n) is 8.09. The van der Waals surface area contributed by atoms with Crippen molar-refractivity contribution in [1.29, 1.82) is 0 Å². The Morgan fingerprint density at radius 1 is 1.40 bits per heavy atom. The van der Waals surface area contributed by atoms with E-state index in [1.54, 1.807) is 0 Å². The summed E-state index contributed by atoms with van der Waals surface area (Å²) in [5, 5.41) is 5.66. The van der Waals surface area contributed by atoms with Crippen LogP contribution in [0.5, 0.6) is 0 Å². The molecule has 0 aliphatic carbocycles. The number of benzene rings is 1. The summed E-state index contributed by atoms with van der Waals surface area (Å²) >= 11 is 2.20. The highest BCUT2D eigenvalue weighted by molar-refractivity contribution is 14.1. The van der Waals surface area contributed by atoms with Crippen LogP contribution in [0.25, 0.3) is 0 Å². The number of rotatable bonds is 4. The van der Waals surface area contributed by atoms with Gasteiger partial charge in [-0.2, -0.15) is 0 Å². The maximum absolute atomic E-state index is 10.4. The maximum Gasteiger partial charge on any atom is 0.312 e. The molecule has 0 saturated heterocycles. The molecule has 0 aliphatic rings. The largest absolute Gasteiger partial charge is 0.399 e. The Kier molecular flexibility index (Phi) is 4.47. The third-order valence-electron chi connectivity index (χ3n) is 1.73. The molecule has 2 amide bonds. The van der Waals surface area contributed by atoms with Gasteiger partial charge in [-0.1, -0.05) is 0 Å². The average Bonchev–Trinajstić information content (AvgIpc) is 2.14. The van der Waals surface area contributed by atoms with E-state index < -0.39 is 6.03 Å². The molecule has 0 heterocycles. The van der Waals surface area contributed by atoms with Crippen molar-refractivity contribution in [3.63, 3.8) is 0 Å². The van der Waals surface area contributed by atoms with Gasteiger partial charge in [0.1, 0.15) is 0 Å². The van der Waals surface area contributed by atoms with E-state index in [1.807, 2.05) is 18.2 Å². The van der Waals surface area contributed by atoms with Gasteiger partial charge in [0.2, 0.25) is 0 Å². The highest BCUT2D eigenvalue weighted by Crippen LogP contribution is 2.20. The molecular weight excluding hydrogens is 307 g/mol. The van der Waals surface area contributed by atoms with Crippen molar-refractivity contribution in [2.45, 2.75) is 0 Å². The summed E-state index contributed by atoms with van der Waals surface area (Å²) in [5.74, 6) is 0. The second kappa shape index (κ2) is 5.64. The second-order valence-corrected chi connectivity index (χ2v) is 4.12. The van der Waals surface area contributed by atoms with E-state index in [9.17, 15) is 4.79 Å². The van der Waals surface area contributed by atoms with Crippen molar-refractivity contribution in [1.82, 2.24) is 5.32 Å². The number of halogens is 1. The van der Waals surface area contributed by atoms with Gasteiger partial charge >= 0.3 is 6.03 Å². The van der Waals surface area contributed by atoms with E-state index in [1.165, 1.54) is 0 Å². The van der Waals surface area contributed by atoms with Crippen LogP contribution in [0.2, 0.25) is 0 Å². The summed E-state index contributed by atoms with van der Waals surface area (Å²) < 4.78 is 1.05. The molecule has 1 aromatic rings. The Bertz CT molecular complexity index is 356. The first-order valence-electron chi connectivity index (χ1n) is 4.42. The lowest BCUT2D eigenvalue weighted by Gasteiger charge is -2.09. The molecule has 0 saturated carbocycles. The summed E-state index contributed by atoms with van der Waals surface area (Å²) in [7, 11) is 0. The van der Waals surface area contributed by atoms with E-state index >= 15 is 0 Å². The van der Waals surface area contributed by atoms with Crippen LogP contribution < -0.4 is 22.1 Å². The van der Waals surface area contributed by atoms with Gasteiger partial charge in [0.25, 0.3) is 0 Å². The Labute approximate surface area is 102 Å². The van der Waals surface area contributed by atoms with Crippen LogP contribution in [0.1, 0.15) is 0 Å². The topological polar surface area (TPSA) is 93.2 Å². The first kappa shape index (κ1) is 11.9. The summed E-state index contributed by atoms with van der Waals surface area (Å²) in [6.45, 7) is 1.12. The number of primary amides is 1. The zero-order chi connectivity index (χ0) is 11.3. The molecular formula is C9H13IN4O. The van der Waals surface area contributed by atoms with Gasteiger partial charge in [0.15, 0.2) is 0 Å². The van der Waals surface area contributed by atoms with Crippen molar-refractivity contribution in [2.24, 2.45) is 5.73 Å². The minimum Gasteiger partial charge on any atom is -0.399 e. The summed E-state index contributed by atoms with van der Waals surface area (Å²) in [5.41, 5.74) is 12.3. The molecule has 0 aliphatic heterocycles. The van der Waals surface area contributed by atoms with Crippen LogP contribution in [0.3, 0.4) is 0 Å². The van der Waals surface area contributed by atoms with E-state index in [0.717, 1.165) is 14.9 Å². The van der Waals surface area contributed by atoms with Gasteiger partial charge in [-0.05, 0) is 40.8 Å². The van der Waals surface area contributed by atoms with Crippen LogP contribution in [-0.2, 0) is 0 Å². The predicted molar refractivity (Wildman–Crippen MR) is 69.6 cm³/mol. The third kappa shape index (κ3) is 4.24. The zero-order valence-corrected chi connectivity index (χ0v) is 10.2. The molecule has 1 rings (SSSR count). The minimum absolute atomic E-state index is 0.496. The number of hydrogen-bond acceptors (Lipinski definition) is 3. The molecule has 82 valence electrons. The molecule has 0 unspecified atom stereocenters. The van der Waals surface area contributed by atoms with Crippen LogP contribution in [-0.4, -0.2) is 19.1 Å². The van der Waals surface area contributed by atoms with Gasteiger partial charge in [-0.15, -0.1) is 0 Å². The lowest BCUT2D eigenvalue weighted by molar-refractivity contribution is 0.249. The van der Waals surface area contributed by atoms with Crippen molar-refractivity contribution in [2.75, 3.05) is 24.1 Å². The van der Waals surface area contributed by atoms with Gasteiger partial charge < -0.3 is 22.1 Å². The number of nitrogens with one attached hydrogen (secondary N) is 2. The molecule has 0 bridgehead atoms. The predicted octanol–water partition coefficient (Wildman–Crippen LogP) is 0.954. The van der Waals surface area contributed by atoms with E-state index in [-0.39, 0.29) is 0 Å². The molecule has 6 N–H and O–H groups in total. The van der Waals surface area contributed by atoms with Gasteiger partial charge in [-0.25, -0.2) is 4.79 Å². The lowest BCUT2D eigenvalue weighted by Crippen LogP contribution is -2.33. The number of hydrogen-bond donors (Lipinski definition) is 4. The minimum atomic E-state index is -0.510. The molecule has 15 heavy (non-hydrogen) atoms. The first-order chi connectivity index (χ1) is 7.09. The Morgan fingerprint density at radius 2 is 2.13 bits per heavy atom. The number of amides is 2. The third-order valence-corrected chi connectivity index (χ3v) is 2.63. The second-order valence-electron chi connectivity index (χ2n) is 2.96. The van der Waals surface area contributed by atoms with Crippen LogP contribution >= 0.6 is 22.6 Å². The fourth-order valence-corrected chi connectivity index (χ4v) is 1.79. The first-order valence-corrected chi connectivity index (χ1v) is 5.49. The quantitative estimate of drug-likeness (QED) is 0.378. The summed E-state index contributed by atoms with van der Waals surface area (Å²) in [4.78, 5) is 10.4. The Morgan fingerprint density at radius 3 is 2.73 bits per heavy atom. The van der Waals surface area contributed by atoms with Crippen molar-refractivity contribution >= 4 is 40.0 Å². The van der Waals surface area contributed by atoms with E-state index in [0.29, 0.717) is 13.1 Å². The smallest absolute Gasteiger partial charge is 0.312 e. The van der Waals surface area contributed by atoms with Crippen LogP contribution in [0.4, 0.5) is 16.2 Å². The van der Waals surface area contributed by atoms with Crippen molar-refractivity contribution in [3.05, 3.63) is 21.8 Å². The Balaban J connectivity index is 2.40. The normalized spacial score (nSPS) is 9.67. The van der Waals surface area contributed by atoms with E-state index in [2.05, 4.69) is 33.2 Å². The molecule has 0 fully saturated rings. The number of carbonyl (C=O) groups excluding carboxylic acids is 1. The molecule has 1 aromatic carbocycles. The van der Waals surface area contributed by atoms with Gasteiger partial charge in [0, 0.05) is 28.0 Å². The average molecular weight is 320 g/mol. The summed E-state index contributed by atoms with van der Waals surface area (Å²) in [6, 6.07) is 5.10. The lowest BCUT2D eigenvalue weighted by atomic mass is 10.3. The molecule has 0 atom stereocenters. The van der Waals surface area contributed by atoms with Gasteiger partial charge in [0.05, 0.1) is 0 Å². The summed E-state index contributed by atoms with van der Waals surface area (Å²) in [6.07, 6.45) is 0. The standard InChI is InChI=1S/C9H13IN4O/c10-7-5-6(11)1-2-8(7)13-3-4-14-9(12)15/h1-2,5,13H,3-4,11H2,(H3,12,14,15). The van der Waals surface area contributed by atoms with E-state index in [4.69, 9.17) is 11.5 Å². The fraction of sp³-hybridized carbons (Fsp3) is 0.222. The number of anilines is 2. The van der Waals surface area contributed by atoms with Crippen molar-refractivity contribution < 1.29 is 4.79 Å². The van der Waals surface area contributed by atoms with Crippen LogP contribution in [0.15, 0.2) is 18.2 Å². The van der Waals surface area contributed by atoms with Crippen molar-refractivity contribution in [3.8, 4) is 0 Å². The monoisotopic (exact) mass is 320 g/mol. The highest BCUT2D eigenvalue weighted by atomic mass is 127. The van der Waals surface area contributed by atoms with Gasteiger partial charge in [-0.3, -0.25) is 0 Å². The molecule has 0 aromatic heterocycles. The fourth-order valence-electron chi connectivity index (χ4n) is 1.06. The van der Waals surface area contributed by atoms with Crippen LogP contribution in [0, 0.1) is 3.57 Å². The number of urea groups is 1. The molecule has 0 spiro atoms. The molecule has 6 heteroatoms. The Hall–Kier alpha value is -1.18.